The summed E-state index contributed by atoms with van der Waals surface area (Å²) in [7, 11) is 0. The minimum Gasteiger partial charge on any atom is -0.350 e. The van der Waals surface area contributed by atoms with Crippen molar-refractivity contribution in [3.63, 3.8) is 0 Å². The summed E-state index contributed by atoms with van der Waals surface area (Å²) in [6, 6.07) is 19.2. The van der Waals surface area contributed by atoms with Crippen LogP contribution in [0.1, 0.15) is 36.4 Å². The van der Waals surface area contributed by atoms with E-state index < -0.39 is 6.04 Å². The van der Waals surface area contributed by atoms with Gasteiger partial charge in [0.25, 0.3) is 0 Å². The van der Waals surface area contributed by atoms with Crippen molar-refractivity contribution in [1.29, 1.82) is 0 Å². The summed E-state index contributed by atoms with van der Waals surface area (Å²) in [6.07, 6.45) is 1.95. The van der Waals surface area contributed by atoms with Crippen LogP contribution in [0.25, 0.3) is 16.6 Å². The lowest BCUT2D eigenvalue weighted by molar-refractivity contribution is -0.129. The second-order valence-corrected chi connectivity index (χ2v) is 9.23. The van der Waals surface area contributed by atoms with Gasteiger partial charge in [-0.25, -0.2) is 9.67 Å². The van der Waals surface area contributed by atoms with Crippen LogP contribution < -0.4 is 10.6 Å². The Kier molecular flexibility index (Phi) is 7.25. The molecular weight excluding hydrogens is 438 g/mol. The third-order valence-corrected chi connectivity index (χ3v) is 5.95. The molecule has 7 nitrogen and oxygen atoms in total. The first kappa shape index (κ1) is 24.1. The molecule has 2 aromatic carbocycles. The molecule has 2 N–H and O–H groups in total. The third-order valence-electron chi connectivity index (χ3n) is 5.95. The number of nitrogens with zero attached hydrogens (tertiary/aromatic N) is 3. The van der Waals surface area contributed by atoms with Crippen LogP contribution in [0.5, 0.6) is 0 Å². The number of pyridine rings is 1. The Hall–Kier alpha value is -4.00. The molecule has 0 spiro atoms. The number of aryl methyl sites for hydroxylation is 2. The van der Waals surface area contributed by atoms with Gasteiger partial charge >= 0.3 is 0 Å². The first-order valence-electron chi connectivity index (χ1n) is 11.8. The molecule has 0 saturated carbocycles. The molecule has 0 aliphatic rings. The minimum absolute atomic E-state index is 0.0536. The second kappa shape index (κ2) is 10.5. The molecule has 1 unspecified atom stereocenters. The zero-order chi connectivity index (χ0) is 24.9. The molecule has 0 saturated heterocycles. The van der Waals surface area contributed by atoms with E-state index in [2.05, 4.69) is 20.7 Å². The van der Waals surface area contributed by atoms with Gasteiger partial charge in [-0.2, -0.15) is 5.10 Å². The third kappa shape index (κ3) is 5.93. The molecule has 0 aliphatic heterocycles. The molecule has 180 valence electrons. The van der Waals surface area contributed by atoms with Crippen molar-refractivity contribution in [2.24, 2.45) is 5.92 Å². The number of aromatic nitrogens is 3. The van der Waals surface area contributed by atoms with Crippen LogP contribution in [-0.4, -0.2) is 32.6 Å². The van der Waals surface area contributed by atoms with Crippen LogP contribution >= 0.6 is 0 Å². The van der Waals surface area contributed by atoms with Crippen molar-refractivity contribution in [2.45, 2.75) is 46.7 Å². The zero-order valence-electron chi connectivity index (χ0n) is 20.6. The Labute approximate surface area is 205 Å². The molecule has 0 bridgehead atoms. The molecule has 7 heteroatoms. The molecule has 4 aromatic rings. The Morgan fingerprint density at radius 3 is 2.34 bits per heavy atom. The number of rotatable bonds is 8. The highest BCUT2D eigenvalue weighted by molar-refractivity contribution is 5.89. The standard InChI is InChI=1S/C28H31N5O2/c1-18(2)27(31-26(34)15-21-9-11-23-7-5-6-8-24(23)14-21)28(35)30-17-22-10-12-25(29-16-22)33-20(4)13-19(3)32-33/h5-14,16,18,27H,15,17H2,1-4H3,(H,30,35)(H,31,34). The summed E-state index contributed by atoms with van der Waals surface area (Å²) in [6.45, 7) is 8.10. The molecule has 0 aliphatic carbocycles. The maximum Gasteiger partial charge on any atom is 0.243 e. The van der Waals surface area contributed by atoms with E-state index in [4.69, 9.17) is 0 Å². The van der Waals surface area contributed by atoms with E-state index in [1.165, 1.54) is 0 Å². The number of benzene rings is 2. The fourth-order valence-corrected chi connectivity index (χ4v) is 4.10. The fourth-order valence-electron chi connectivity index (χ4n) is 4.10. The Morgan fingerprint density at radius 2 is 1.69 bits per heavy atom. The molecule has 2 aromatic heterocycles. The smallest absolute Gasteiger partial charge is 0.243 e. The number of amides is 2. The van der Waals surface area contributed by atoms with Crippen molar-refractivity contribution < 1.29 is 9.59 Å². The van der Waals surface area contributed by atoms with Gasteiger partial charge in [0.15, 0.2) is 5.82 Å². The zero-order valence-corrected chi connectivity index (χ0v) is 20.6. The molecular formula is C28H31N5O2. The van der Waals surface area contributed by atoms with Crippen molar-refractivity contribution in [1.82, 2.24) is 25.4 Å². The first-order valence-corrected chi connectivity index (χ1v) is 11.8. The quantitative estimate of drug-likeness (QED) is 0.408. The molecule has 0 radical (unpaired) electrons. The van der Waals surface area contributed by atoms with Gasteiger partial charge in [0.05, 0.1) is 12.1 Å². The van der Waals surface area contributed by atoms with Gasteiger partial charge in [-0.3, -0.25) is 9.59 Å². The monoisotopic (exact) mass is 469 g/mol. The molecule has 2 heterocycles. The van der Waals surface area contributed by atoms with Crippen LogP contribution in [0.4, 0.5) is 0 Å². The Balaban J connectivity index is 1.34. The lowest BCUT2D eigenvalue weighted by atomic mass is 10.0. The highest BCUT2D eigenvalue weighted by atomic mass is 16.2. The van der Waals surface area contributed by atoms with Gasteiger partial charge in [0.2, 0.25) is 11.8 Å². The summed E-state index contributed by atoms with van der Waals surface area (Å²) in [4.78, 5) is 30.1. The number of carbonyl (C=O) groups is 2. The molecule has 2 amide bonds. The van der Waals surface area contributed by atoms with Gasteiger partial charge in [-0.05, 0) is 53.8 Å². The average molecular weight is 470 g/mol. The van der Waals surface area contributed by atoms with E-state index in [0.717, 1.165) is 39.1 Å². The molecule has 1 atom stereocenters. The maximum atomic E-state index is 12.9. The number of carbonyl (C=O) groups excluding carboxylic acids is 2. The normalized spacial score (nSPS) is 12.0. The van der Waals surface area contributed by atoms with E-state index in [1.54, 1.807) is 10.9 Å². The Bertz CT molecular complexity index is 1340. The van der Waals surface area contributed by atoms with E-state index in [0.29, 0.717) is 6.54 Å². The van der Waals surface area contributed by atoms with E-state index in [-0.39, 0.29) is 24.2 Å². The average Bonchev–Trinajstić information content (AvgIpc) is 3.18. The first-order chi connectivity index (χ1) is 16.8. The van der Waals surface area contributed by atoms with E-state index >= 15 is 0 Å². The number of hydrogen-bond acceptors (Lipinski definition) is 4. The lowest BCUT2D eigenvalue weighted by Crippen LogP contribution is -2.49. The second-order valence-electron chi connectivity index (χ2n) is 9.23. The van der Waals surface area contributed by atoms with Gasteiger partial charge in [-0.1, -0.05) is 62.4 Å². The van der Waals surface area contributed by atoms with E-state index in [9.17, 15) is 9.59 Å². The molecule has 4 rings (SSSR count). The summed E-state index contributed by atoms with van der Waals surface area (Å²) in [5.41, 5.74) is 3.73. The van der Waals surface area contributed by atoms with Gasteiger partial charge in [0, 0.05) is 18.4 Å². The number of fused-ring (bicyclic) bond motifs is 1. The van der Waals surface area contributed by atoms with Crippen LogP contribution in [0, 0.1) is 19.8 Å². The molecule has 0 fully saturated rings. The van der Waals surface area contributed by atoms with Gasteiger partial charge in [-0.15, -0.1) is 0 Å². The van der Waals surface area contributed by atoms with Crippen molar-refractivity contribution >= 4 is 22.6 Å². The summed E-state index contributed by atoms with van der Waals surface area (Å²) >= 11 is 0. The summed E-state index contributed by atoms with van der Waals surface area (Å²) in [5.74, 6) is 0.285. The van der Waals surface area contributed by atoms with Crippen molar-refractivity contribution in [3.05, 3.63) is 89.4 Å². The highest BCUT2D eigenvalue weighted by Gasteiger charge is 2.24. The summed E-state index contributed by atoms with van der Waals surface area (Å²) in [5, 5.41) is 12.5. The number of nitrogens with one attached hydrogen (secondary N) is 2. The van der Waals surface area contributed by atoms with Crippen molar-refractivity contribution in [2.75, 3.05) is 0 Å². The van der Waals surface area contributed by atoms with Crippen LogP contribution in [0.2, 0.25) is 0 Å². The Morgan fingerprint density at radius 1 is 0.943 bits per heavy atom. The predicted octanol–water partition coefficient (Wildman–Crippen LogP) is 4.04. The van der Waals surface area contributed by atoms with E-state index in [1.807, 2.05) is 88.4 Å². The lowest BCUT2D eigenvalue weighted by Gasteiger charge is -2.22. The topological polar surface area (TPSA) is 88.9 Å². The summed E-state index contributed by atoms with van der Waals surface area (Å²) < 4.78 is 1.79. The SMILES string of the molecule is Cc1cc(C)n(-c2ccc(CNC(=O)C(NC(=O)Cc3ccc4ccccc4c3)C(C)C)cn2)n1. The minimum atomic E-state index is -0.620. The van der Waals surface area contributed by atoms with Crippen molar-refractivity contribution in [3.8, 4) is 5.82 Å². The van der Waals surface area contributed by atoms with Gasteiger partial charge in [0.1, 0.15) is 6.04 Å². The number of hydrogen-bond donors (Lipinski definition) is 2. The molecule has 35 heavy (non-hydrogen) atoms. The van der Waals surface area contributed by atoms with Crippen LogP contribution in [-0.2, 0) is 22.6 Å². The largest absolute Gasteiger partial charge is 0.350 e. The van der Waals surface area contributed by atoms with Gasteiger partial charge < -0.3 is 10.6 Å². The fraction of sp³-hybridized carbons (Fsp3) is 0.286. The highest BCUT2D eigenvalue weighted by Crippen LogP contribution is 2.16. The van der Waals surface area contributed by atoms with Crippen LogP contribution in [0.15, 0.2) is 66.9 Å². The van der Waals surface area contributed by atoms with Crippen LogP contribution in [0.3, 0.4) is 0 Å². The predicted molar refractivity (Wildman–Crippen MR) is 137 cm³/mol. The maximum absolute atomic E-state index is 12.9.